The van der Waals surface area contributed by atoms with Gasteiger partial charge < -0.3 is 10.4 Å². The lowest BCUT2D eigenvalue weighted by atomic mass is 9.77. The molecule has 1 saturated carbocycles. The topological polar surface area (TPSA) is 32.3 Å². The summed E-state index contributed by atoms with van der Waals surface area (Å²) in [5.41, 5.74) is 0.283. The molecule has 0 bridgehead atoms. The number of aliphatic hydroxyl groups is 1. The fraction of sp³-hybridized carbons (Fsp3) is 0.600. The molecule has 0 spiro atoms. The fourth-order valence-corrected chi connectivity index (χ4v) is 3.18. The van der Waals surface area contributed by atoms with Crippen molar-refractivity contribution in [1.29, 1.82) is 0 Å². The van der Waals surface area contributed by atoms with Gasteiger partial charge >= 0.3 is 0 Å². The normalized spacial score (nSPS) is 27.5. The number of benzene rings is 1. The second kappa shape index (κ2) is 6.21. The molecule has 2 N–H and O–H groups in total. The SMILES string of the molecule is CC1CCCC(CO)(NCc2cc(Cl)ccc2F)C1. The summed E-state index contributed by atoms with van der Waals surface area (Å²) in [4.78, 5) is 0. The fourth-order valence-electron chi connectivity index (χ4n) is 2.98. The van der Waals surface area contributed by atoms with Crippen molar-refractivity contribution in [2.75, 3.05) is 6.61 Å². The van der Waals surface area contributed by atoms with Gasteiger partial charge in [0.15, 0.2) is 0 Å². The van der Waals surface area contributed by atoms with E-state index < -0.39 is 0 Å². The summed E-state index contributed by atoms with van der Waals surface area (Å²) >= 11 is 5.89. The highest BCUT2D eigenvalue weighted by Gasteiger charge is 2.33. The van der Waals surface area contributed by atoms with Crippen molar-refractivity contribution in [1.82, 2.24) is 5.32 Å². The monoisotopic (exact) mass is 285 g/mol. The molecule has 1 fully saturated rings. The van der Waals surface area contributed by atoms with Gasteiger partial charge in [0.2, 0.25) is 0 Å². The average Bonchev–Trinajstić information content (AvgIpc) is 2.40. The molecule has 0 amide bonds. The Hall–Kier alpha value is -0.640. The van der Waals surface area contributed by atoms with Crippen LogP contribution in [0.2, 0.25) is 5.02 Å². The summed E-state index contributed by atoms with van der Waals surface area (Å²) < 4.78 is 13.7. The van der Waals surface area contributed by atoms with Crippen LogP contribution in [0.3, 0.4) is 0 Å². The number of hydrogen-bond acceptors (Lipinski definition) is 2. The van der Waals surface area contributed by atoms with Crippen LogP contribution >= 0.6 is 11.6 Å². The first-order valence-electron chi connectivity index (χ1n) is 6.84. The van der Waals surface area contributed by atoms with E-state index in [1.54, 1.807) is 12.1 Å². The Kier molecular flexibility index (Phi) is 4.82. The first kappa shape index (κ1) is 14.8. The van der Waals surface area contributed by atoms with E-state index in [1.807, 2.05) is 0 Å². The summed E-state index contributed by atoms with van der Waals surface area (Å²) in [5.74, 6) is 0.339. The maximum Gasteiger partial charge on any atom is 0.127 e. The van der Waals surface area contributed by atoms with E-state index in [1.165, 1.54) is 12.5 Å². The lowest BCUT2D eigenvalue weighted by molar-refractivity contribution is 0.0979. The molecule has 2 unspecified atom stereocenters. The van der Waals surface area contributed by atoms with Gasteiger partial charge in [-0.2, -0.15) is 0 Å². The van der Waals surface area contributed by atoms with Gasteiger partial charge in [0.05, 0.1) is 6.61 Å². The number of nitrogens with one attached hydrogen (secondary N) is 1. The van der Waals surface area contributed by atoms with Crippen LogP contribution < -0.4 is 5.32 Å². The summed E-state index contributed by atoms with van der Waals surface area (Å²) in [5, 5.41) is 13.6. The molecule has 0 aliphatic heterocycles. The Morgan fingerprint density at radius 2 is 2.32 bits per heavy atom. The third-order valence-electron chi connectivity index (χ3n) is 4.06. The second-order valence-corrected chi connectivity index (χ2v) is 6.17. The average molecular weight is 286 g/mol. The molecule has 1 aromatic rings. The van der Waals surface area contributed by atoms with Crippen LogP contribution in [0, 0.1) is 11.7 Å². The molecule has 2 atom stereocenters. The molecule has 0 saturated heterocycles. The maximum atomic E-state index is 13.7. The zero-order valence-corrected chi connectivity index (χ0v) is 12.0. The van der Waals surface area contributed by atoms with Gasteiger partial charge in [-0.1, -0.05) is 31.4 Å². The lowest BCUT2D eigenvalue weighted by Gasteiger charge is -2.39. The van der Waals surface area contributed by atoms with Crippen molar-refractivity contribution in [2.45, 2.75) is 44.7 Å². The van der Waals surface area contributed by atoms with E-state index in [0.29, 0.717) is 23.0 Å². The van der Waals surface area contributed by atoms with Gasteiger partial charge in [-0.3, -0.25) is 0 Å². The second-order valence-electron chi connectivity index (χ2n) is 5.73. The Morgan fingerprint density at radius 1 is 1.53 bits per heavy atom. The maximum absolute atomic E-state index is 13.7. The van der Waals surface area contributed by atoms with Gasteiger partial charge in [-0.05, 0) is 37.0 Å². The minimum atomic E-state index is -0.271. The lowest BCUT2D eigenvalue weighted by Crippen LogP contribution is -2.51. The third kappa shape index (κ3) is 3.68. The molecule has 19 heavy (non-hydrogen) atoms. The highest BCUT2D eigenvalue weighted by Crippen LogP contribution is 2.32. The van der Waals surface area contributed by atoms with E-state index in [0.717, 1.165) is 19.3 Å². The smallest absolute Gasteiger partial charge is 0.127 e. The summed E-state index contributed by atoms with van der Waals surface area (Å²) in [6.45, 7) is 2.70. The molecule has 4 heteroatoms. The Balaban J connectivity index is 2.05. The first-order valence-corrected chi connectivity index (χ1v) is 7.22. The minimum absolute atomic E-state index is 0.0968. The molecule has 2 nitrogen and oxygen atoms in total. The summed E-state index contributed by atoms with van der Waals surface area (Å²) in [6.07, 6.45) is 4.18. The Bertz CT molecular complexity index is 440. The van der Waals surface area contributed by atoms with Gasteiger partial charge in [0.1, 0.15) is 5.82 Å². The van der Waals surface area contributed by atoms with Crippen molar-refractivity contribution in [2.24, 2.45) is 5.92 Å². The van der Waals surface area contributed by atoms with Crippen molar-refractivity contribution in [3.05, 3.63) is 34.6 Å². The number of hydrogen-bond donors (Lipinski definition) is 2. The largest absolute Gasteiger partial charge is 0.394 e. The van der Waals surface area contributed by atoms with Crippen molar-refractivity contribution in [3.63, 3.8) is 0 Å². The van der Waals surface area contributed by atoms with Gasteiger partial charge in [0.25, 0.3) is 0 Å². The molecule has 1 aromatic carbocycles. The molecular weight excluding hydrogens is 265 g/mol. The van der Waals surface area contributed by atoms with Crippen molar-refractivity contribution < 1.29 is 9.50 Å². The zero-order chi connectivity index (χ0) is 13.9. The van der Waals surface area contributed by atoms with Gasteiger partial charge in [-0.15, -0.1) is 0 Å². The molecule has 0 radical (unpaired) electrons. The van der Waals surface area contributed by atoms with Crippen LogP contribution in [0.15, 0.2) is 18.2 Å². The summed E-state index contributed by atoms with van der Waals surface area (Å²) in [7, 11) is 0. The first-order chi connectivity index (χ1) is 9.04. The van der Waals surface area contributed by atoms with Gasteiger partial charge in [-0.25, -0.2) is 4.39 Å². The molecule has 1 aliphatic rings. The molecule has 1 aliphatic carbocycles. The van der Waals surface area contributed by atoms with E-state index in [4.69, 9.17) is 11.6 Å². The van der Waals surface area contributed by atoms with Crippen LogP contribution in [0.1, 0.15) is 38.2 Å². The van der Waals surface area contributed by atoms with E-state index >= 15 is 0 Å². The van der Waals surface area contributed by atoms with E-state index in [9.17, 15) is 9.50 Å². The molecule has 106 valence electrons. The quantitative estimate of drug-likeness (QED) is 0.887. The van der Waals surface area contributed by atoms with E-state index in [2.05, 4.69) is 12.2 Å². The van der Waals surface area contributed by atoms with Gasteiger partial charge in [0, 0.05) is 22.7 Å². The third-order valence-corrected chi connectivity index (χ3v) is 4.29. The zero-order valence-electron chi connectivity index (χ0n) is 11.3. The van der Waals surface area contributed by atoms with Crippen LogP contribution in [0.5, 0.6) is 0 Å². The standard InChI is InChI=1S/C15H21ClFNO/c1-11-3-2-6-15(8-11,10-19)18-9-12-7-13(16)4-5-14(12)17/h4-5,7,11,18-19H,2-3,6,8-10H2,1H3. The van der Waals surface area contributed by atoms with Crippen molar-refractivity contribution >= 4 is 11.6 Å². The van der Waals surface area contributed by atoms with Crippen LogP contribution in [-0.4, -0.2) is 17.3 Å². The van der Waals surface area contributed by atoms with Crippen LogP contribution in [-0.2, 0) is 6.54 Å². The molecular formula is C15H21ClFNO. The minimum Gasteiger partial charge on any atom is -0.394 e. The molecule has 0 aromatic heterocycles. The Labute approximate surface area is 119 Å². The number of halogens is 2. The number of aliphatic hydroxyl groups excluding tert-OH is 1. The van der Waals surface area contributed by atoms with Crippen LogP contribution in [0.25, 0.3) is 0 Å². The van der Waals surface area contributed by atoms with E-state index in [-0.39, 0.29) is 18.0 Å². The Morgan fingerprint density at radius 3 is 3.00 bits per heavy atom. The predicted octanol–water partition coefficient (Wildman–Crippen LogP) is 3.51. The molecule has 0 heterocycles. The highest BCUT2D eigenvalue weighted by molar-refractivity contribution is 6.30. The van der Waals surface area contributed by atoms with Crippen LogP contribution in [0.4, 0.5) is 4.39 Å². The van der Waals surface area contributed by atoms with Crippen molar-refractivity contribution in [3.8, 4) is 0 Å². The predicted molar refractivity (Wildman–Crippen MR) is 75.7 cm³/mol. The summed E-state index contributed by atoms with van der Waals surface area (Å²) in [6, 6.07) is 4.57. The highest BCUT2D eigenvalue weighted by atomic mass is 35.5. The number of rotatable bonds is 4. The molecule has 2 rings (SSSR count).